The van der Waals surface area contributed by atoms with E-state index in [0.717, 1.165) is 24.2 Å². The Kier molecular flexibility index (Phi) is 3.65. The minimum absolute atomic E-state index is 0.772. The topological polar surface area (TPSA) is 9.23 Å². The zero-order valence-corrected chi connectivity index (χ0v) is 9.49. The van der Waals surface area contributed by atoms with Crippen LogP contribution in [-0.2, 0) is 0 Å². The molecule has 0 bridgehead atoms. The van der Waals surface area contributed by atoms with E-state index in [9.17, 15) is 0 Å². The van der Waals surface area contributed by atoms with Gasteiger partial charge in [0.2, 0.25) is 0 Å². The molecule has 2 rings (SSSR count). The SMILES string of the molecule is CC1CCCC(COc2ccccc2)C1. The van der Waals surface area contributed by atoms with Crippen molar-refractivity contribution in [1.29, 1.82) is 0 Å². The minimum atomic E-state index is 0.772. The Hall–Kier alpha value is -0.980. The lowest BCUT2D eigenvalue weighted by atomic mass is 9.83. The first-order chi connectivity index (χ1) is 7.34. The lowest BCUT2D eigenvalue weighted by Crippen LogP contribution is -2.19. The van der Waals surface area contributed by atoms with Crippen molar-refractivity contribution in [2.75, 3.05) is 6.61 Å². The molecule has 0 amide bonds. The van der Waals surface area contributed by atoms with Crippen molar-refractivity contribution in [3.8, 4) is 5.75 Å². The van der Waals surface area contributed by atoms with Gasteiger partial charge in [-0.15, -0.1) is 0 Å². The summed E-state index contributed by atoms with van der Waals surface area (Å²) < 4.78 is 5.79. The normalized spacial score (nSPS) is 26.2. The molecule has 1 saturated carbocycles. The highest BCUT2D eigenvalue weighted by atomic mass is 16.5. The van der Waals surface area contributed by atoms with Crippen LogP contribution in [0.3, 0.4) is 0 Å². The number of hydrogen-bond donors (Lipinski definition) is 0. The third-order valence-corrected chi connectivity index (χ3v) is 3.27. The lowest BCUT2D eigenvalue weighted by molar-refractivity contribution is 0.182. The van der Waals surface area contributed by atoms with Crippen molar-refractivity contribution >= 4 is 0 Å². The van der Waals surface area contributed by atoms with Crippen molar-refractivity contribution < 1.29 is 4.74 Å². The zero-order chi connectivity index (χ0) is 10.5. The standard InChI is InChI=1S/C14H20O/c1-12-6-5-7-13(10-12)11-15-14-8-3-2-4-9-14/h2-4,8-9,12-13H,5-7,10-11H2,1H3. The molecule has 1 heteroatoms. The van der Waals surface area contributed by atoms with Crippen LogP contribution in [0, 0.1) is 11.8 Å². The van der Waals surface area contributed by atoms with Gasteiger partial charge < -0.3 is 4.74 Å². The maximum Gasteiger partial charge on any atom is 0.119 e. The highest BCUT2D eigenvalue weighted by Crippen LogP contribution is 2.28. The van der Waals surface area contributed by atoms with Gasteiger partial charge in [-0.25, -0.2) is 0 Å². The molecule has 0 aromatic heterocycles. The third-order valence-electron chi connectivity index (χ3n) is 3.27. The summed E-state index contributed by atoms with van der Waals surface area (Å²) in [5.74, 6) is 2.67. The summed E-state index contributed by atoms with van der Waals surface area (Å²) in [5.41, 5.74) is 0. The van der Waals surface area contributed by atoms with Gasteiger partial charge in [-0.3, -0.25) is 0 Å². The minimum Gasteiger partial charge on any atom is -0.493 e. The van der Waals surface area contributed by atoms with Crippen LogP contribution < -0.4 is 4.74 Å². The van der Waals surface area contributed by atoms with Crippen LogP contribution in [0.25, 0.3) is 0 Å². The molecule has 1 aliphatic rings. The van der Waals surface area contributed by atoms with Gasteiger partial charge in [0.25, 0.3) is 0 Å². The largest absolute Gasteiger partial charge is 0.493 e. The summed E-state index contributed by atoms with van der Waals surface area (Å²) in [6, 6.07) is 10.1. The van der Waals surface area contributed by atoms with Crippen LogP contribution >= 0.6 is 0 Å². The summed E-state index contributed by atoms with van der Waals surface area (Å²) in [6.45, 7) is 3.25. The van der Waals surface area contributed by atoms with E-state index in [1.54, 1.807) is 0 Å². The lowest BCUT2D eigenvalue weighted by Gasteiger charge is -2.26. The average molecular weight is 204 g/mol. The van der Waals surface area contributed by atoms with E-state index in [1.165, 1.54) is 25.7 Å². The van der Waals surface area contributed by atoms with Crippen LogP contribution in [-0.4, -0.2) is 6.61 Å². The van der Waals surface area contributed by atoms with Gasteiger partial charge in [0.05, 0.1) is 6.61 Å². The molecule has 0 heterocycles. The van der Waals surface area contributed by atoms with Crippen LogP contribution in [0.4, 0.5) is 0 Å². The van der Waals surface area contributed by atoms with Crippen molar-refractivity contribution in [3.63, 3.8) is 0 Å². The van der Waals surface area contributed by atoms with Crippen molar-refractivity contribution in [2.24, 2.45) is 11.8 Å². The van der Waals surface area contributed by atoms with Gasteiger partial charge in [0.15, 0.2) is 0 Å². The predicted molar refractivity (Wildman–Crippen MR) is 63.1 cm³/mol. The Bertz CT molecular complexity index is 281. The van der Waals surface area contributed by atoms with Gasteiger partial charge >= 0.3 is 0 Å². The molecule has 2 unspecified atom stereocenters. The van der Waals surface area contributed by atoms with E-state index in [1.807, 2.05) is 30.3 Å². The fraction of sp³-hybridized carbons (Fsp3) is 0.571. The first kappa shape index (κ1) is 10.5. The van der Waals surface area contributed by atoms with Gasteiger partial charge in [-0.05, 0) is 36.8 Å². The number of rotatable bonds is 3. The third kappa shape index (κ3) is 3.26. The van der Waals surface area contributed by atoms with Gasteiger partial charge in [-0.1, -0.05) is 38.0 Å². The van der Waals surface area contributed by atoms with Gasteiger partial charge in [0.1, 0.15) is 5.75 Å². The Labute approximate surface area is 92.5 Å². The summed E-state index contributed by atoms with van der Waals surface area (Å²) in [6.07, 6.45) is 5.47. The molecule has 0 aliphatic heterocycles. The van der Waals surface area contributed by atoms with E-state index in [0.29, 0.717) is 0 Å². The van der Waals surface area contributed by atoms with Crippen molar-refractivity contribution in [1.82, 2.24) is 0 Å². The van der Waals surface area contributed by atoms with Crippen LogP contribution in [0.15, 0.2) is 30.3 Å². The second kappa shape index (κ2) is 5.20. The van der Waals surface area contributed by atoms with Gasteiger partial charge in [0, 0.05) is 0 Å². The smallest absolute Gasteiger partial charge is 0.119 e. The average Bonchev–Trinajstić information content (AvgIpc) is 2.28. The molecular formula is C14H20O. The maximum atomic E-state index is 5.79. The highest BCUT2D eigenvalue weighted by molar-refractivity contribution is 5.20. The number of benzene rings is 1. The molecule has 0 radical (unpaired) electrons. The molecule has 2 atom stereocenters. The number of para-hydroxylation sites is 1. The summed E-state index contributed by atoms with van der Waals surface area (Å²) in [7, 11) is 0. The van der Waals surface area contributed by atoms with E-state index >= 15 is 0 Å². The summed E-state index contributed by atoms with van der Waals surface area (Å²) >= 11 is 0. The molecule has 1 aromatic carbocycles. The second-order valence-corrected chi connectivity index (χ2v) is 4.76. The van der Waals surface area contributed by atoms with E-state index in [4.69, 9.17) is 4.74 Å². The Morgan fingerprint density at radius 2 is 2.00 bits per heavy atom. The van der Waals surface area contributed by atoms with Gasteiger partial charge in [-0.2, -0.15) is 0 Å². The predicted octanol–water partition coefficient (Wildman–Crippen LogP) is 3.89. The molecule has 0 saturated heterocycles. The molecule has 1 fully saturated rings. The van der Waals surface area contributed by atoms with Crippen LogP contribution in [0.5, 0.6) is 5.75 Å². The van der Waals surface area contributed by atoms with E-state index < -0.39 is 0 Å². The fourth-order valence-corrected chi connectivity index (χ4v) is 2.44. The number of hydrogen-bond acceptors (Lipinski definition) is 1. The summed E-state index contributed by atoms with van der Waals surface area (Å²) in [4.78, 5) is 0. The summed E-state index contributed by atoms with van der Waals surface area (Å²) in [5, 5.41) is 0. The Balaban J connectivity index is 1.78. The molecule has 0 N–H and O–H groups in total. The molecule has 1 aliphatic carbocycles. The molecule has 15 heavy (non-hydrogen) atoms. The van der Waals surface area contributed by atoms with E-state index in [2.05, 4.69) is 6.92 Å². The van der Waals surface area contributed by atoms with Crippen molar-refractivity contribution in [2.45, 2.75) is 32.6 Å². The fourth-order valence-electron chi connectivity index (χ4n) is 2.44. The molecule has 1 nitrogen and oxygen atoms in total. The second-order valence-electron chi connectivity index (χ2n) is 4.76. The first-order valence-corrected chi connectivity index (χ1v) is 6.02. The number of ether oxygens (including phenoxy) is 1. The Morgan fingerprint density at radius 1 is 1.20 bits per heavy atom. The zero-order valence-electron chi connectivity index (χ0n) is 9.49. The maximum absolute atomic E-state index is 5.79. The van der Waals surface area contributed by atoms with Crippen LogP contribution in [0.1, 0.15) is 32.6 Å². The monoisotopic (exact) mass is 204 g/mol. The van der Waals surface area contributed by atoms with Crippen molar-refractivity contribution in [3.05, 3.63) is 30.3 Å². The Morgan fingerprint density at radius 3 is 2.73 bits per heavy atom. The molecule has 1 aromatic rings. The first-order valence-electron chi connectivity index (χ1n) is 6.02. The quantitative estimate of drug-likeness (QED) is 0.725. The molecule has 82 valence electrons. The van der Waals surface area contributed by atoms with E-state index in [-0.39, 0.29) is 0 Å². The highest BCUT2D eigenvalue weighted by Gasteiger charge is 2.19. The molecular weight excluding hydrogens is 184 g/mol. The van der Waals surface area contributed by atoms with Crippen LogP contribution in [0.2, 0.25) is 0 Å². The molecule has 0 spiro atoms.